The van der Waals surface area contributed by atoms with Crippen molar-refractivity contribution < 1.29 is 14.3 Å². The molecule has 1 aromatic heterocycles. The van der Waals surface area contributed by atoms with Gasteiger partial charge in [-0.1, -0.05) is 0 Å². The molecule has 1 aliphatic rings. The number of nitrogens with zero attached hydrogens (tertiary/aromatic N) is 1. The van der Waals surface area contributed by atoms with Gasteiger partial charge in [-0.2, -0.15) is 0 Å². The van der Waals surface area contributed by atoms with Crippen molar-refractivity contribution in [2.24, 2.45) is 5.41 Å². The molecule has 2 rings (SSSR count). The normalized spacial score (nSPS) is 19.1. The Morgan fingerprint density at radius 1 is 1.65 bits per heavy atom. The third-order valence-corrected chi connectivity index (χ3v) is 4.64. The number of amides is 2. The van der Waals surface area contributed by atoms with Crippen LogP contribution in [0.4, 0.5) is 9.80 Å². The largest absolute Gasteiger partial charge is 0.442 e. The molecule has 1 N–H and O–H groups in total. The van der Waals surface area contributed by atoms with Crippen LogP contribution in [0.3, 0.4) is 0 Å². The summed E-state index contributed by atoms with van der Waals surface area (Å²) in [4.78, 5) is 25.2. The van der Waals surface area contributed by atoms with Gasteiger partial charge in [-0.25, -0.2) is 4.79 Å². The van der Waals surface area contributed by atoms with Gasteiger partial charge in [-0.3, -0.25) is 9.69 Å². The van der Waals surface area contributed by atoms with Crippen molar-refractivity contribution in [1.29, 1.82) is 0 Å². The van der Waals surface area contributed by atoms with Gasteiger partial charge < -0.3 is 10.1 Å². The maximum absolute atomic E-state index is 11.9. The smallest absolute Gasteiger partial charge is 0.415 e. The highest BCUT2D eigenvalue weighted by atomic mass is 35.5. The van der Waals surface area contributed by atoms with E-state index in [4.69, 9.17) is 16.3 Å². The van der Waals surface area contributed by atoms with Gasteiger partial charge in [0.25, 0.3) is 0 Å². The Balaban J connectivity index is 1.87. The summed E-state index contributed by atoms with van der Waals surface area (Å²) < 4.78 is 5.24. The molecule has 5 nitrogen and oxygen atoms in total. The van der Waals surface area contributed by atoms with Gasteiger partial charge in [0, 0.05) is 5.88 Å². The Morgan fingerprint density at radius 2 is 2.40 bits per heavy atom. The minimum absolute atomic E-state index is 0.141. The van der Waals surface area contributed by atoms with Gasteiger partial charge in [0.2, 0.25) is 5.91 Å². The van der Waals surface area contributed by atoms with Crippen LogP contribution >= 0.6 is 22.9 Å². The molecule has 0 radical (unpaired) electrons. The second-order valence-electron chi connectivity index (χ2n) is 5.30. The second-order valence-corrected chi connectivity index (χ2v) is 6.49. The van der Waals surface area contributed by atoms with E-state index in [0.29, 0.717) is 13.1 Å². The molecule has 20 heavy (non-hydrogen) atoms. The molecule has 110 valence electrons. The molecule has 0 bridgehead atoms. The van der Waals surface area contributed by atoms with E-state index in [2.05, 4.69) is 5.32 Å². The molecule has 0 aromatic carbocycles. The number of rotatable bonds is 5. The summed E-state index contributed by atoms with van der Waals surface area (Å²) in [6.45, 7) is 4.29. The van der Waals surface area contributed by atoms with Crippen molar-refractivity contribution in [2.75, 3.05) is 23.9 Å². The van der Waals surface area contributed by atoms with E-state index in [1.807, 2.05) is 17.5 Å². The molecule has 2 heterocycles. The predicted molar refractivity (Wildman–Crippen MR) is 79.4 cm³/mol. The van der Waals surface area contributed by atoms with Crippen LogP contribution in [0.15, 0.2) is 17.5 Å². The van der Waals surface area contributed by atoms with Crippen molar-refractivity contribution in [3.63, 3.8) is 0 Å². The van der Waals surface area contributed by atoms with Crippen LogP contribution in [0.2, 0.25) is 0 Å². The fourth-order valence-corrected chi connectivity index (χ4v) is 2.59. The topological polar surface area (TPSA) is 58.6 Å². The van der Waals surface area contributed by atoms with Gasteiger partial charge >= 0.3 is 6.09 Å². The summed E-state index contributed by atoms with van der Waals surface area (Å²) in [6, 6.07) is 3.74. The lowest BCUT2D eigenvalue weighted by Gasteiger charge is -2.21. The summed E-state index contributed by atoms with van der Waals surface area (Å²) in [5.41, 5.74) is -0.627. The van der Waals surface area contributed by atoms with Crippen molar-refractivity contribution in [2.45, 2.75) is 20.0 Å². The van der Waals surface area contributed by atoms with Crippen LogP contribution in [0.25, 0.3) is 0 Å². The lowest BCUT2D eigenvalue weighted by atomic mass is 9.95. The van der Waals surface area contributed by atoms with E-state index >= 15 is 0 Å². The van der Waals surface area contributed by atoms with E-state index in [-0.39, 0.29) is 24.0 Å². The van der Waals surface area contributed by atoms with Crippen LogP contribution in [-0.4, -0.2) is 37.1 Å². The number of carbonyl (C=O) groups excluding carboxylic acids is 2. The molecule has 2 amide bonds. The van der Waals surface area contributed by atoms with Gasteiger partial charge in [0.15, 0.2) is 0 Å². The molecular formula is C13H17ClN2O3S. The number of nitrogens with one attached hydrogen (secondary N) is 1. The summed E-state index contributed by atoms with van der Waals surface area (Å²) in [5, 5.41) is 5.53. The first-order chi connectivity index (χ1) is 9.44. The summed E-state index contributed by atoms with van der Waals surface area (Å²) in [7, 11) is 0. The zero-order chi connectivity index (χ0) is 14.8. The Bertz CT molecular complexity index is 490. The van der Waals surface area contributed by atoms with E-state index in [1.54, 1.807) is 18.7 Å². The molecule has 1 atom stereocenters. The van der Waals surface area contributed by atoms with E-state index < -0.39 is 5.41 Å². The first kappa shape index (κ1) is 15.1. The number of ether oxygens (including phenoxy) is 1. The molecule has 0 aliphatic carbocycles. The van der Waals surface area contributed by atoms with Crippen molar-refractivity contribution in [3.05, 3.63) is 17.5 Å². The molecule has 0 saturated carbocycles. The van der Waals surface area contributed by atoms with Crippen LogP contribution in [0.5, 0.6) is 0 Å². The van der Waals surface area contributed by atoms with Gasteiger partial charge in [0.1, 0.15) is 11.1 Å². The Hall–Kier alpha value is -1.27. The number of hydrogen-bond donors (Lipinski definition) is 1. The molecule has 7 heteroatoms. The zero-order valence-electron chi connectivity index (χ0n) is 11.4. The van der Waals surface area contributed by atoms with Crippen LogP contribution in [0, 0.1) is 5.41 Å². The number of alkyl halides is 1. The Kier molecular flexibility index (Phi) is 4.55. The first-order valence-electron chi connectivity index (χ1n) is 6.30. The molecular weight excluding hydrogens is 300 g/mol. The van der Waals surface area contributed by atoms with E-state index in [1.165, 1.54) is 11.3 Å². The number of carbonyl (C=O) groups is 2. The molecule has 1 aliphatic heterocycles. The quantitative estimate of drug-likeness (QED) is 0.849. The Morgan fingerprint density at radius 3 is 3.00 bits per heavy atom. The van der Waals surface area contributed by atoms with E-state index in [9.17, 15) is 9.59 Å². The summed E-state index contributed by atoms with van der Waals surface area (Å²) in [5.74, 6) is 0.100. The molecule has 1 fully saturated rings. The summed E-state index contributed by atoms with van der Waals surface area (Å²) >= 11 is 7.22. The van der Waals surface area contributed by atoms with Gasteiger partial charge in [-0.05, 0) is 31.4 Å². The monoisotopic (exact) mass is 316 g/mol. The second kappa shape index (κ2) is 6.01. The summed E-state index contributed by atoms with van der Waals surface area (Å²) in [6.07, 6.45) is -0.706. The van der Waals surface area contributed by atoms with Crippen molar-refractivity contribution in [1.82, 2.24) is 5.32 Å². The SMILES string of the molecule is CC(C)(CCl)C(=O)NCC1CN(c2cccs2)C(=O)O1. The zero-order valence-corrected chi connectivity index (χ0v) is 13.0. The van der Waals surface area contributed by atoms with Crippen LogP contribution in [-0.2, 0) is 9.53 Å². The third-order valence-electron chi connectivity index (χ3n) is 3.09. The Labute approximate surface area is 126 Å². The average Bonchev–Trinajstić information content (AvgIpc) is 3.04. The number of thiophene rings is 1. The molecule has 0 spiro atoms. The first-order valence-corrected chi connectivity index (χ1v) is 7.71. The average molecular weight is 317 g/mol. The lowest BCUT2D eigenvalue weighted by Crippen LogP contribution is -2.42. The number of anilines is 1. The van der Waals surface area contributed by atoms with Gasteiger partial charge in [-0.15, -0.1) is 22.9 Å². The third kappa shape index (κ3) is 3.24. The fourth-order valence-electron chi connectivity index (χ4n) is 1.74. The molecule has 1 unspecified atom stereocenters. The maximum atomic E-state index is 11.9. The highest BCUT2D eigenvalue weighted by Gasteiger charge is 2.34. The molecule has 1 aromatic rings. The van der Waals surface area contributed by atoms with Crippen molar-refractivity contribution >= 4 is 39.9 Å². The number of cyclic esters (lactones) is 1. The standard InChI is InChI=1S/C13H17ClN2O3S/c1-13(2,8-14)11(17)15-6-9-7-16(12(18)19-9)10-4-3-5-20-10/h3-5,9H,6-8H2,1-2H3,(H,15,17). The number of halogens is 1. The highest BCUT2D eigenvalue weighted by Crippen LogP contribution is 2.26. The van der Waals surface area contributed by atoms with Crippen LogP contribution < -0.4 is 10.2 Å². The fraction of sp³-hybridized carbons (Fsp3) is 0.538. The predicted octanol–water partition coefficient (Wildman–Crippen LogP) is 2.45. The van der Waals surface area contributed by atoms with E-state index in [0.717, 1.165) is 5.00 Å². The van der Waals surface area contributed by atoms with Crippen LogP contribution in [0.1, 0.15) is 13.8 Å². The molecule has 1 saturated heterocycles. The highest BCUT2D eigenvalue weighted by molar-refractivity contribution is 7.14. The van der Waals surface area contributed by atoms with Gasteiger partial charge in [0.05, 0.1) is 18.5 Å². The number of hydrogen-bond acceptors (Lipinski definition) is 4. The minimum atomic E-state index is -0.627. The maximum Gasteiger partial charge on any atom is 0.415 e. The lowest BCUT2D eigenvalue weighted by molar-refractivity contribution is -0.128. The van der Waals surface area contributed by atoms with Crippen molar-refractivity contribution in [3.8, 4) is 0 Å². The minimum Gasteiger partial charge on any atom is -0.442 e.